The topological polar surface area (TPSA) is 90.0 Å². The maximum atomic E-state index is 12.7. The smallest absolute Gasteiger partial charge is 0.243 e. The summed E-state index contributed by atoms with van der Waals surface area (Å²) in [6, 6.07) is 12.4. The van der Waals surface area contributed by atoms with Gasteiger partial charge in [-0.1, -0.05) is 18.6 Å². The van der Waals surface area contributed by atoms with Gasteiger partial charge in [-0.25, -0.2) is 8.42 Å². The number of benzene rings is 2. The lowest BCUT2D eigenvalue weighted by atomic mass is 10.2. The quantitative estimate of drug-likeness (QED) is 0.783. The molecule has 2 aromatic carbocycles. The van der Waals surface area contributed by atoms with E-state index in [4.69, 9.17) is 4.74 Å². The molecule has 0 bridgehead atoms. The predicted molar refractivity (Wildman–Crippen MR) is 99.6 cm³/mol. The molecule has 2 aromatic rings. The summed E-state index contributed by atoms with van der Waals surface area (Å²) in [6.45, 7) is 1.02. The van der Waals surface area contributed by atoms with Crippen molar-refractivity contribution in [3.63, 3.8) is 0 Å². The standard InChI is InChI=1S/C19H22N2O5S/c1-26-18-8-4-3-7-17(18)21(19(22)23)15-9-11-16(12-10-15)27(24,25)20-13-5-2-6-14-20/h3-4,7-12H,2,5-6,13-14H2,1H3,(H,22,23)/p-1. The van der Waals surface area contributed by atoms with Crippen molar-refractivity contribution in [2.45, 2.75) is 24.2 Å². The van der Waals surface area contributed by atoms with E-state index in [-0.39, 0.29) is 10.6 Å². The van der Waals surface area contributed by atoms with E-state index in [0.29, 0.717) is 24.5 Å². The fraction of sp³-hybridized carbons (Fsp3) is 0.316. The molecule has 1 amide bonds. The van der Waals surface area contributed by atoms with Crippen LogP contribution in [0.5, 0.6) is 5.75 Å². The Hall–Kier alpha value is -2.58. The van der Waals surface area contributed by atoms with Crippen molar-refractivity contribution in [2.24, 2.45) is 0 Å². The van der Waals surface area contributed by atoms with Crippen molar-refractivity contribution in [1.29, 1.82) is 0 Å². The summed E-state index contributed by atoms with van der Waals surface area (Å²) < 4.78 is 32.2. The van der Waals surface area contributed by atoms with Gasteiger partial charge in [-0.2, -0.15) is 4.31 Å². The highest BCUT2D eigenvalue weighted by molar-refractivity contribution is 7.89. The average molecular weight is 389 g/mol. The van der Waals surface area contributed by atoms with Crippen molar-refractivity contribution >= 4 is 27.5 Å². The largest absolute Gasteiger partial charge is 0.529 e. The molecule has 0 spiro atoms. The fourth-order valence-electron chi connectivity index (χ4n) is 3.18. The molecule has 144 valence electrons. The summed E-state index contributed by atoms with van der Waals surface area (Å²) in [4.78, 5) is 12.8. The molecule has 1 aliphatic rings. The van der Waals surface area contributed by atoms with E-state index in [0.717, 1.165) is 24.2 Å². The summed E-state index contributed by atoms with van der Waals surface area (Å²) in [6.07, 6.45) is 1.29. The maximum absolute atomic E-state index is 12.7. The summed E-state index contributed by atoms with van der Waals surface area (Å²) in [5.74, 6) is 0.367. The van der Waals surface area contributed by atoms with Crippen LogP contribution in [-0.4, -0.2) is 39.0 Å². The number of piperidine rings is 1. The lowest BCUT2D eigenvalue weighted by Gasteiger charge is -2.28. The van der Waals surface area contributed by atoms with Crippen LogP contribution >= 0.6 is 0 Å². The number of carboxylic acid groups (broad SMARTS) is 1. The number of hydrogen-bond acceptors (Lipinski definition) is 5. The summed E-state index contributed by atoms with van der Waals surface area (Å²) in [7, 11) is -2.13. The van der Waals surface area contributed by atoms with Gasteiger partial charge < -0.3 is 14.6 Å². The maximum Gasteiger partial charge on any atom is 0.243 e. The first-order valence-corrected chi connectivity index (χ1v) is 10.1. The summed E-state index contributed by atoms with van der Waals surface area (Å²) in [5, 5.41) is 11.7. The van der Waals surface area contributed by atoms with E-state index < -0.39 is 16.1 Å². The third-order valence-electron chi connectivity index (χ3n) is 4.56. The minimum absolute atomic E-state index is 0.145. The molecule has 0 aromatic heterocycles. The number of nitrogens with zero attached hydrogens (tertiary/aromatic N) is 2. The van der Waals surface area contributed by atoms with Gasteiger partial charge in [0.2, 0.25) is 10.0 Å². The van der Waals surface area contributed by atoms with Gasteiger partial charge in [0.25, 0.3) is 0 Å². The molecule has 0 unspecified atom stereocenters. The third-order valence-corrected chi connectivity index (χ3v) is 6.47. The van der Waals surface area contributed by atoms with Crippen molar-refractivity contribution in [2.75, 3.05) is 25.1 Å². The molecule has 1 fully saturated rings. The SMILES string of the molecule is COc1ccccc1N(C(=O)[O-])c1ccc(S(=O)(=O)N2CCCCC2)cc1. The number of para-hydroxylation sites is 2. The first kappa shape index (κ1) is 19.2. The molecule has 0 atom stereocenters. The van der Waals surface area contributed by atoms with Gasteiger partial charge in [-0.05, 0) is 49.2 Å². The Morgan fingerprint density at radius 2 is 1.67 bits per heavy atom. The van der Waals surface area contributed by atoms with Gasteiger partial charge in [0.15, 0.2) is 0 Å². The minimum atomic E-state index is -3.58. The molecule has 1 aliphatic heterocycles. The van der Waals surface area contributed by atoms with E-state index in [2.05, 4.69) is 0 Å². The number of amides is 1. The van der Waals surface area contributed by atoms with E-state index >= 15 is 0 Å². The van der Waals surface area contributed by atoms with Crippen molar-refractivity contribution in [1.82, 2.24) is 4.31 Å². The molecule has 1 saturated heterocycles. The van der Waals surface area contributed by atoms with Gasteiger partial charge in [0.1, 0.15) is 11.8 Å². The first-order chi connectivity index (χ1) is 12.9. The van der Waals surface area contributed by atoms with Gasteiger partial charge in [-0.15, -0.1) is 0 Å². The second-order valence-electron chi connectivity index (χ2n) is 6.23. The Kier molecular flexibility index (Phi) is 5.67. The highest BCUT2D eigenvalue weighted by Crippen LogP contribution is 2.34. The molecular formula is C19H21N2O5S-. The first-order valence-electron chi connectivity index (χ1n) is 8.69. The number of ether oxygens (including phenoxy) is 1. The summed E-state index contributed by atoms with van der Waals surface area (Å²) >= 11 is 0. The zero-order valence-corrected chi connectivity index (χ0v) is 15.8. The van der Waals surface area contributed by atoms with E-state index in [9.17, 15) is 18.3 Å². The van der Waals surface area contributed by atoms with Gasteiger partial charge >= 0.3 is 0 Å². The number of carbonyl (C=O) groups excluding carboxylic acids is 1. The van der Waals surface area contributed by atoms with E-state index in [1.54, 1.807) is 24.3 Å². The van der Waals surface area contributed by atoms with Crippen LogP contribution in [0.15, 0.2) is 53.4 Å². The molecular weight excluding hydrogens is 368 g/mol. The average Bonchev–Trinajstić information content (AvgIpc) is 2.69. The van der Waals surface area contributed by atoms with Crippen LogP contribution in [0.2, 0.25) is 0 Å². The number of sulfonamides is 1. The third kappa shape index (κ3) is 3.91. The predicted octanol–water partition coefficient (Wildman–Crippen LogP) is 2.35. The van der Waals surface area contributed by atoms with Crippen LogP contribution in [0, 0.1) is 0 Å². The van der Waals surface area contributed by atoms with Crippen LogP contribution in [0.1, 0.15) is 19.3 Å². The normalized spacial score (nSPS) is 15.3. The zero-order valence-electron chi connectivity index (χ0n) is 15.0. The Balaban J connectivity index is 1.94. The lowest BCUT2D eigenvalue weighted by Crippen LogP contribution is -2.38. The second kappa shape index (κ2) is 7.98. The van der Waals surface area contributed by atoms with Crippen LogP contribution in [0.25, 0.3) is 0 Å². The van der Waals surface area contributed by atoms with Gasteiger partial charge in [0.05, 0.1) is 17.7 Å². The number of anilines is 2. The van der Waals surface area contributed by atoms with E-state index in [1.165, 1.54) is 35.7 Å². The zero-order chi connectivity index (χ0) is 19.4. The van der Waals surface area contributed by atoms with Crippen LogP contribution < -0.4 is 14.7 Å². The van der Waals surface area contributed by atoms with Crippen molar-refractivity contribution in [3.8, 4) is 5.75 Å². The number of methoxy groups -OCH3 is 1. The number of hydrogen-bond donors (Lipinski definition) is 0. The Labute approximate surface area is 158 Å². The minimum Gasteiger partial charge on any atom is -0.529 e. The Morgan fingerprint density at radius 1 is 1.04 bits per heavy atom. The van der Waals surface area contributed by atoms with E-state index in [1.807, 2.05) is 0 Å². The lowest BCUT2D eigenvalue weighted by molar-refractivity contribution is -0.245. The molecule has 8 heteroatoms. The molecule has 0 radical (unpaired) electrons. The molecule has 7 nitrogen and oxygen atoms in total. The molecule has 3 rings (SSSR count). The number of rotatable bonds is 5. The highest BCUT2D eigenvalue weighted by atomic mass is 32.2. The molecule has 0 aliphatic carbocycles. The monoisotopic (exact) mass is 389 g/mol. The Morgan fingerprint density at radius 3 is 2.26 bits per heavy atom. The fourth-order valence-corrected chi connectivity index (χ4v) is 4.70. The van der Waals surface area contributed by atoms with Gasteiger partial charge in [0, 0.05) is 18.8 Å². The summed E-state index contributed by atoms with van der Waals surface area (Å²) in [5.41, 5.74) is 0.573. The Bertz CT molecular complexity index is 906. The highest BCUT2D eigenvalue weighted by Gasteiger charge is 2.26. The molecule has 0 saturated carbocycles. The van der Waals surface area contributed by atoms with Crippen LogP contribution in [0.3, 0.4) is 0 Å². The molecule has 27 heavy (non-hydrogen) atoms. The van der Waals surface area contributed by atoms with Gasteiger partial charge in [-0.3, -0.25) is 4.90 Å². The van der Waals surface area contributed by atoms with Crippen molar-refractivity contribution < 1.29 is 23.1 Å². The van der Waals surface area contributed by atoms with Crippen LogP contribution in [-0.2, 0) is 10.0 Å². The second-order valence-corrected chi connectivity index (χ2v) is 8.17. The van der Waals surface area contributed by atoms with Crippen molar-refractivity contribution in [3.05, 3.63) is 48.5 Å². The number of carbonyl (C=O) groups is 1. The molecule has 1 heterocycles. The molecule has 0 N–H and O–H groups in total. The van der Waals surface area contributed by atoms with Crippen LogP contribution in [0.4, 0.5) is 16.2 Å².